The van der Waals surface area contributed by atoms with E-state index >= 15 is 0 Å². The van der Waals surface area contributed by atoms with E-state index in [2.05, 4.69) is 10.6 Å². The molecular weight excluding hydrogens is 323 g/mol. The Balaban J connectivity index is 2.41. The molecule has 0 aliphatic carbocycles. The number of carbonyl (C=O) groups excluding carboxylic acids is 2. The van der Waals surface area contributed by atoms with Crippen LogP contribution >= 0.6 is 0 Å². The second kappa shape index (κ2) is 11.4. The highest BCUT2D eigenvalue weighted by Gasteiger charge is 2.10. The van der Waals surface area contributed by atoms with Crippen molar-refractivity contribution in [2.45, 2.75) is 51.0 Å². The van der Waals surface area contributed by atoms with Crippen LogP contribution in [-0.2, 0) is 16.0 Å². The predicted molar refractivity (Wildman–Crippen MR) is 97.5 cm³/mol. The number of amides is 2. The topological polar surface area (TPSA) is 110 Å². The maximum Gasteiger partial charge on any atom is 0.219 e. The highest BCUT2D eigenvalue weighted by molar-refractivity contribution is 5.75. The third kappa shape index (κ3) is 8.49. The monoisotopic (exact) mass is 352 g/mol. The first kappa shape index (κ1) is 20.9. The van der Waals surface area contributed by atoms with Crippen molar-refractivity contribution < 1.29 is 14.0 Å². The minimum Gasteiger partial charge on any atom is -0.381 e. The van der Waals surface area contributed by atoms with Crippen LogP contribution in [0.4, 0.5) is 10.1 Å². The van der Waals surface area contributed by atoms with Crippen LogP contribution in [0.3, 0.4) is 0 Å². The molecule has 0 radical (unpaired) electrons. The maximum absolute atomic E-state index is 14.5. The number of carbonyl (C=O) groups is 2. The average molecular weight is 352 g/mol. The van der Waals surface area contributed by atoms with Crippen LogP contribution in [0.5, 0.6) is 0 Å². The molecule has 6 nitrogen and oxygen atoms in total. The normalized spacial score (nSPS) is 11.8. The number of hydrogen-bond acceptors (Lipinski definition) is 4. The molecule has 1 rings (SSSR count). The van der Waals surface area contributed by atoms with Crippen LogP contribution in [0.2, 0.25) is 0 Å². The quantitative estimate of drug-likeness (QED) is 0.429. The molecule has 1 atom stereocenters. The molecule has 6 N–H and O–H groups in total. The molecular formula is C18H29FN4O2. The lowest BCUT2D eigenvalue weighted by Crippen LogP contribution is -2.30. The van der Waals surface area contributed by atoms with Gasteiger partial charge in [-0.1, -0.05) is 18.6 Å². The Hall–Kier alpha value is -2.15. The molecule has 0 heterocycles. The molecule has 0 aliphatic rings. The predicted octanol–water partition coefficient (Wildman–Crippen LogP) is 1.68. The summed E-state index contributed by atoms with van der Waals surface area (Å²) in [5.74, 6) is -0.624. The van der Waals surface area contributed by atoms with Crippen LogP contribution in [0.1, 0.15) is 44.1 Å². The van der Waals surface area contributed by atoms with Gasteiger partial charge in [-0.15, -0.1) is 0 Å². The zero-order valence-electron chi connectivity index (χ0n) is 14.8. The number of nitrogens with one attached hydrogen (secondary N) is 2. The number of nitrogens with two attached hydrogens (primary N) is 2. The molecule has 1 aromatic rings. The zero-order chi connectivity index (χ0) is 18.7. The summed E-state index contributed by atoms with van der Waals surface area (Å²) >= 11 is 0. The smallest absolute Gasteiger partial charge is 0.219 e. The molecule has 0 saturated carbocycles. The molecule has 25 heavy (non-hydrogen) atoms. The van der Waals surface area contributed by atoms with E-state index in [0.29, 0.717) is 37.1 Å². The number of hydrogen-bond donors (Lipinski definition) is 4. The lowest BCUT2D eigenvalue weighted by atomic mass is 10.0. The van der Waals surface area contributed by atoms with Gasteiger partial charge in [-0.25, -0.2) is 4.39 Å². The van der Waals surface area contributed by atoms with Gasteiger partial charge in [0, 0.05) is 32.5 Å². The fourth-order valence-corrected chi connectivity index (χ4v) is 2.48. The van der Waals surface area contributed by atoms with Crippen molar-refractivity contribution in [3.05, 3.63) is 29.6 Å². The van der Waals surface area contributed by atoms with Crippen molar-refractivity contribution in [1.82, 2.24) is 5.32 Å². The average Bonchev–Trinajstić information content (AvgIpc) is 2.59. The van der Waals surface area contributed by atoms with E-state index in [-0.39, 0.29) is 30.1 Å². The van der Waals surface area contributed by atoms with Gasteiger partial charge in [0.1, 0.15) is 5.82 Å². The molecule has 2 amide bonds. The van der Waals surface area contributed by atoms with Crippen molar-refractivity contribution in [1.29, 1.82) is 0 Å². The van der Waals surface area contributed by atoms with E-state index in [1.807, 2.05) is 0 Å². The summed E-state index contributed by atoms with van der Waals surface area (Å²) in [4.78, 5) is 21.9. The summed E-state index contributed by atoms with van der Waals surface area (Å²) in [6.45, 7) is 0.375. The Morgan fingerprint density at radius 3 is 2.64 bits per heavy atom. The summed E-state index contributed by atoms with van der Waals surface area (Å²) in [6.07, 6.45) is 4.33. The van der Waals surface area contributed by atoms with Gasteiger partial charge in [-0.3, -0.25) is 9.59 Å². The third-order valence-corrected chi connectivity index (χ3v) is 4.02. The molecule has 0 spiro atoms. The van der Waals surface area contributed by atoms with Gasteiger partial charge in [-0.05, 0) is 37.3 Å². The summed E-state index contributed by atoms with van der Waals surface area (Å²) in [5.41, 5.74) is 12.0. The first-order chi connectivity index (χ1) is 11.9. The Kier molecular flexibility index (Phi) is 9.54. The molecule has 0 aliphatic heterocycles. The number of unbranched alkanes of at least 4 members (excludes halogenated alkanes) is 2. The highest BCUT2D eigenvalue weighted by atomic mass is 19.1. The first-order valence-corrected chi connectivity index (χ1v) is 8.69. The minimum atomic E-state index is -0.389. The molecule has 0 bridgehead atoms. The maximum atomic E-state index is 14.5. The second-order valence-corrected chi connectivity index (χ2v) is 6.16. The first-order valence-electron chi connectivity index (χ1n) is 8.69. The Morgan fingerprint density at radius 1 is 1.20 bits per heavy atom. The molecule has 0 aromatic heterocycles. The molecule has 140 valence electrons. The largest absolute Gasteiger partial charge is 0.381 e. The van der Waals surface area contributed by atoms with Crippen molar-refractivity contribution in [3.63, 3.8) is 0 Å². The number of aryl methyl sites for hydroxylation is 1. The van der Waals surface area contributed by atoms with Crippen molar-refractivity contribution in [2.75, 3.05) is 18.9 Å². The fraction of sp³-hybridized carbons (Fsp3) is 0.556. The molecule has 0 saturated heterocycles. The van der Waals surface area contributed by atoms with Crippen LogP contribution in [0.15, 0.2) is 18.2 Å². The van der Waals surface area contributed by atoms with E-state index < -0.39 is 0 Å². The minimum absolute atomic E-state index is 0.0325. The second-order valence-electron chi connectivity index (χ2n) is 6.16. The van der Waals surface area contributed by atoms with Crippen molar-refractivity contribution in [3.8, 4) is 0 Å². The molecule has 1 aromatic carbocycles. The van der Waals surface area contributed by atoms with Gasteiger partial charge < -0.3 is 22.1 Å². The lowest BCUT2D eigenvalue weighted by Gasteiger charge is -2.15. The van der Waals surface area contributed by atoms with Crippen LogP contribution in [0, 0.1) is 5.82 Å². The molecule has 1 unspecified atom stereocenters. The van der Waals surface area contributed by atoms with E-state index in [9.17, 15) is 14.0 Å². The standard InChI is InChI=1S/C18H29FN4O2/c1-22-17(25)9-4-2-3-6-13-7-5-8-15(18(13)19)23-12-14(20)10-11-16(21)24/h5,7-8,14,23H,2-4,6,9-12,20H2,1H3,(H2,21,24)(H,22,25). The highest BCUT2D eigenvalue weighted by Crippen LogP contribution is 2.20. The Labute approximate surface area is 148 Å². The number of primary amides is 1. The summed E-state index contributed by atoms with van der Waals surface area (Å²) in [5, 5.41) is 5.58. The fourth-order valence-electron chi connectivity index (χ4n) is 2.48. The number of anilines is 1. The van der Waals surface area contributed by atoms with E-state index in [1.165, 1.54) is 0 Å². The Bertz CT molecular complexity index is 566. The number of halogens is 1. The SMILES string of the molecule is CNC(=O)CCCCCc1cccc(NCC(N)CCC(N)=O)c1F. The van der Waals surface area contributed by atoms with Crippen LogP contribution < -0.4 is 22.1 Å². The van der Waals surface area contributed by atoms with Crippen molar-refractivity contribution >= 4 is 17.5 Å². The molecule has 0 fully saturated rings. The van der Waals surface area contributed by atoms with Crippen LogP contribution in [-0.4, -0.2) is 31.4 Å². The van der Waals surface area contributed by atoms with Gasteiger partial charge in [-0.2, -0.15) is 0 Å². The van der Waals surface area contributed by atoms with Gasteiger partial charge in [0.15, 0.2) is 0 Å². The van der Waals surface area contributed by atoms with Crippen molar-refractivity contribution in [2.24, 2.45) is 11.5 Å². The molecule has 7 heteroatoms. The van der Waals surface area contributed by atoms with Gasteiger partial charge in [0.05, 0.1) is 5.69 Å². The number of rotatable bonds is 12. The van der Waals surface area contributed by atoms with E-state index in [0.717, 1.165) is 19.3 Å². The van der Waals surface area contributed by atoms with Gasteiger partial charge in [0.2, 0.25) is 11.8 Å². The van der Waals surface area contributed by atoms with Gasteiger partial charge >= 0.3 is 0 Å². The van der Waals surface area contributed by atoms with E-state index in [4.69, 9.17) is 11.5 Å². The summed E-state index contributed by atoms with van der Waals surface area (Å²) in [6, 6.07) is 4.98. The van der Waals surface area contributed by atoms with Gasteiger partial charge in [0.25, 0.3) is 0 Å². The third-order valence-electron chi connectivity index (χ3n) is 4.02. The van der Waals surface area contributed by atoms with Crippen LogP contribution in [0.25, 0.3) is 0 Å². The summed E-state index contributed by atoms with van der Waals surface area (Å²) in [7, 11) is 1.62. The zero-order valence-corrected chi connectivity index (χ0v) is 14.8. The Morgan fingerprint density at radius 2 is 1.96 bits per heavy atom. The van der Waals surface area contributed by atoms with E-state index in [1.54, 1.807) is 25.2 Å². The number of benzene rings is 1. The summed E-state index contributed by atoms with van der Waals surface area (Å²) < 4.78 is 14.5. The lowest BCUT2D eigenvalue weighted by molar-refractivity contribution is -0.120.